The number of nitrogens with one attached hydrogen (secondary N) is 1. The summed E-state index contributed by atoms with van der Waals surface area (Å²) in [5.74, 6) is -0.614. The van der Waals surface area contributed by atoms with Crippen molar-refractivity contribution in [2.45, 2.75) is 46.9 Å². The largest absolute Gasteiger partial charge is 0.434 e. The van der Waals surface area contributed by atoms with Gasteiger partial charge in [0.1, 0.15) is 5.75 Å². The van der Waals surface area contributed by atoms with E-state index in [0.29, 0.717) is 0 Å². The van der Waals surface area contributed by atoms with Gasteiger partial charge in [-0.1, -0.05) is 12.1 Å². The van der Waals surface area contributed by atoms with Crippen LogP contribution in [0.15, 0.2) is 24.3 Å². The molecule has 5 nitrogen and oxygen atoms in total. The summed E-state index contributed by atoms with van der Waals surface area (Å²) in [5, 5.41) is 7.26. The van der Waals surface area contributed by atoms with Gasteiger partial charge in [0.2, 0.25) is 0 Å². The van der Waals surface area contributed by atoms with E-state index in [-0.39, 0.29) is 17.4 Å². The van der Waals surface area contributed by atoms with Crippen LogP contribution in [-0.2, 0) is 6.54 Å². The number of para-hydroxylation sites is 1. The van der Waals surface area contributed by atoms with Gasteiger partial charge in [0.15, 0.2) is 0 Å². The van der Waals surface area contributed by atoms with Crippen LogP contribution in [0.2, 0.25) is 0 Å². The van der Waals surface area contributed by atoms with E-state index in [0.717, 1.165) is 23.5 Å². The second kappa shape index (κ2) is 7.42. The predicted molar refractivity (Wildman–Crippen MR) is 86.3 cm³/mol. The Balaban J connectivity index is 2.23. The number of aryl methyl sites for hydroxylation is 2. The third-order valence-electron chi connectivity index (χ3n) is 3.87. The van der Waals surface area contributed by atoms with Gasteiger partial charge in [0, 0.05) is 17.8 Å². The lowest BCUT2D eigenvalue weighted by atomic mass is 10.1. The molecule has 0 aliphatic heterocycles. The standard InChI is InChI=1S/C17H21F2N3O2/c1-5-22-12(4)15(11(3)21-22)10(2)20-16(23)13-8-6-7-9-14(13)24-17(18)19/h6-10,17H,5H2,1-4H3,(H,20,23)/t10-/m1/s1. The molecule has 1 N–H and O–H groups in total. The van der Waals surface area contributed by atoms with Crippen molar-refractivity contribution in [3.05, 3.63) is 46.8 Å². The maximum atomic E-state index is 12.5. The minimum absolute atomic E-state index is 0.0721. The van der Waals surface area contributed by atoms with Crippen LogP contribution in [-0.4, -0.2) is 22.3 Å². The number of aromatic nitrogens is 2. The Bertz CT molecular complexity index is 729. The Hall–Kier alpha value is -2.44. The fourth-order valence-corrected chi connectivity index (χ4v) is 2.84. The van der Waals surface area contributed by atoms with Crippen LogP contribution in [0.3, 0.4) is 0 Å². The van der Waals surface area contributed by atoms with Gasteiger partial charge in [0.25, 0.3) is 5.91 Å². The molecular formula is C17H21F2N3O2. The Kier molecular flexibility index (Phi) is 5.54. The first kappa shape index (κ1) is 17.9. The SMILES string of the molecule is CCn1nc(C)c([C@@H](C)NC(=O)c2ccccc2OC(F)F)c1C. The highest BCUT2D eigenvalue weighted by Crippen LogP contribution is 2.24. The number of halogens is 2. The molecule has 1 amide bonds. The molecule has 2 aromatic rings. The smallest absolute Gasteiger partial charge is 0.387 e. The summed E-state index contributed by atoms with van der Waals surface area (Å²) in [4.78, 5) is 12.5. The molecule has 0 radical (unpaired) electrons. The highest BCUT2D eigenvalue weighted by molar-refractivity contribution is 5.97. The molecule has 0 spiro atoms. The number of carbonyl (C=O) groups is 1. The zero-order chi connectivity index (χ0) is 17.9. The van der Waals surface area contributed by atoms with Crippen LogP contribution in [0.25, 0.3) is 0 Å². The quantitative estimate of drug-likeness (QED) is 0.876. The van der Waals surface area contributed by atoms with Gasteiger partial charge in [-0.3, -0.25) is 9.48 Å². The van der Waals surface area contributed by atoms with Crippen molar-refractivity contribution in [1.82, 2.24) is 15.1 Å². The molecule has 7 heteroatoms. The number of benzene rings is 1. The molecule has 24 heavy (non-hydrogen) atoms. The summed E-state index contributed by atoms with van der Waals surface area (Å²) in [6.07, 6.45) is 0. The van der Waals surface area contributed by atoms with E-state index in [2.05, 4.69) is 15.2 Å². The van der Waals surface area contributed by atoms with Crippen LogP contribution in [0.5, 0.6) is 5.75 Å². The summed E-state index contributed by atoms with van der Waals surface area (Å²) in [6.45, 7) is 5.40. The van der Waals surface area contributed by atoms with Gasteiger partial charge >= 0.3 is 6.61 Å². The molecule has 0 aliphatic carbocycles. The van der Waals surface area contributed by atoms with Crippen molar-refractivity contribution >= 4 is 5.91 Å². The van der Waals surface area contributed by atoms with Crippen molar-refractivity contribution in [2.24, 2.45) is 0 Å². The van der Waals surface area contributed by atoms with Gasteiger partial charge in [-0.15, -0.1) is 0 Å². The molecule has 1 heterocycles. The van der Waals surface area contributed by atoms with Crippen molar-refractivity contribution in [3.8, 4) is 5.75 Å². The predicted octanol–water partition coefficient (Wildman–Crippen LogP) is 3.61. The van der Waals surface area contributed by atoms with Crippen molar-refractivity contribution in [3.63, 3.8) is 0 Å². The normalized spacial score (nSPS) is 12.3. The Labute approximate surface area is 139 Å². The molecule has 0 bridgehead atoms. The molecular weight excluding hydrogens is 316 g/mol. The number of alkyl halides is 2. The average Bonchev–Trinajstić information content (AvgIpc) is 2.81. The number of rotatable bonds is 6. The summed E-state index contributed by atoms with van der Waals surface area (Å²) in [7, 11) is 0. The van der Waals surface area contributed by atoms with Gasteiger partial charge in [0.05, 0.1) is 17.3 Å². The molecule has 0 fully saturated rings. The molecule has 0 unspecified atom stereocenters. The summed E-state index contributed by atoms with van der Waals surface area (Å²) >= 11 is 0. The number of ether oxygens (including phenoxy) is 1. The minimum Gasteiger partial charge on any atom is -0.434 e. The number of carbonyl (C=O) groups excluding carboxylic acids is 1. The van der Waals surface area contributed by atoms with Crippen LogP contribution in [0.1, 0.15) is 47.2 Å². The second-order valence-electron chi connectivity index (χ2n) is 5.47. The topological polar surface area (TPSA) is 56.2 Å². The molecule has 1 aromatic carbocycles. The Morgan fingerprint density at radius 2 is 2.00 bits per heavy atom. The first-order chi connectivity index (χ1) is 11.3. The molecule has 1 aromatic heterocycles. The highest BCUT2D eigenvalue weighted by Gasteiger charge is 2.21. The number of amides is 1. The van der Waals surface area contributed by atoms with Crippen molar-refractivity contribution in [1.29, 1.82) is 0 Å². The van der Waals surface area contributed by atoms with Crippen LogP contribution >= 0.6 is 0 Å². The lowest BCUT2D eigenvalue weighted by Crippen LogP contribution is -2.28. The molecule has 2 rings (SSSR count). The Morgan fingerprint density at radius 3 is 2.58 bits per heavy atom. The number of hydrogen-bond acceptors (Lipinski definition) is 3. The van der Waals surface area contributed by atoms with E-state index in [1.165, 1.54) is 18.2 Å². The maximum Gasteiger partial charge on any atom is 0.387 e. The van der Waals surface area contributed by atoms with Crippen molar-refractivity contribution < 1.29 is 18.3 Å². The van der Waals surface area contributed by atoms with E-state index in [9.17, 15) is 13.6 Å². The first-order valence-corrected chi connectivity index (χ1v) is 7.73. The molecule has 0 saturated carbocycles. The minimum atomic E-state index is -2.98. The molecule has 0 saturated heterocycles. The van der Waals surface area contributed by atoms with Gasteiger partial charge in [-0.05, 0) is 39.8 Å². The van der Waals surface area contributed by atoms with E-state index < -0.39 is 12.5 Å². The van der Waals surface area contributed by atoms with Crippen LogP contribution < -0.4 is 10.1 Å². The van der Waals surface area contributed by atoms with Gasteiger partial charge in [-0.25, -0.2) is 0 Å². The summed E-state index contributed by atoms with van der Waals surface area (Å²) in [6, 6.07) is 5.63. The average molecular weight is 337 g/mol. The molecule has 130 valence electrons. The van der Waals surface area contributed by atoms with Gasteiger partial charge in [-0.2, -0.15) is 13.9 Å². The maximum absolute atomic E-state index is 12.5. The lowest BCUT2D eigenvalue weighted by Gasteiger charge is -2.16. The summed E-state index contributed by atoms with van der Waals surface area (Å²) < 4.78 is 31.2. The molecule has 0 aliphatic rings. The van der Waals surface area contributed by atoms with Crippen molar-refractivity contribution in [2.75, 3.05) is 0 Å². The highest BCUT2D eigenvalue weighted by atomic mass is 19.3. The second-order valence-corrected chi connectivity index (χ2v) is 5.47. The Morgan fingerprint density at radius 1 is 1.33 bits per heavy atom. The zero-order valence-corrected chi connectivity index (χ0v) is 14.1. The zero-order valence-electron chi connectivity index (χ0n) is 14.1. The third kappa shape index (κ3) is 3.72. The van der Waals surface area contributed by atoms with Crippen LogP contribution in [0.4, 0.5) is 8.78 Å². The van der Waals surface area contributed by atoms with E-state index in [1.807, 2.05) is 32.4 Å². The van der Waals surface area contributed by atoms with E-state index >= 15 is 0 Å². The monoisotopic (exact) mass is 337 g/mol. The van der Waals surface area contributed by atoms with E-state index in [4.69, 9.17) is 0 Å². The summed E-state index contributed by atoms with van der Waals surface area (Å²) in [5.41, 5.74) is 2.81. The van der Waals surface area contributed by atoms with Crippen LogP contribution in [0, 0.1) is 13.8 Å². The fraction of sp³-hybridized carbons (Fsp3) is 0.412. The number of hydrogen-bond donors (Lipinski definition) is 1. The lowest BCUT2D eigenvalue weighted by molar-refractivity contribution is -0.0501. The number of nitrogens with zero attached hydrogens (tertiary/aromatic N) is 2. The van der Waals surface area contributed by atoms with Gasteiger partial charge < -0.3 is 10.1 Å². The molecule has 1 atom stereocenters. The first-order valence-electron chi connectivity index (χ1n) is 7.73. The third-order valence-corrected chi connectivity index (χ3v) is 3.87. The fourth-order valence-electron chi connectivity index (χ4n) is 2.84. The van der Waals surface area contributed by atoms with E-state index in [1.54, 1.807) is 6.07 Å².